The van der Waals surface area contributed by atoms with Crippen molar-refractivity contribution in [1.29, 1.82) is 5.26 Å². The van der Waals surface area contributed by atoms with Crippen LogP contribution in [0.1, 0.15) is 332 Å². The minimum absolute atomic E-state index is 0.0765. The lowest BCUT2D eigenvalue weighted by atomic mass is 9.81. The first kappa shape index (κ1) is 89.9. The monoisotopic (exact) mass is 1690 g/mol. The third-order valence-corrected chi connectivity index (χ3v) is 33.7. The van der Waals surface area contributed by atoms with Gasteiger partial charge >= 0.3 is 0 Å². The molecule has 0 aromatic heterocycles. The number of aliphatic hydroxyl groups is 2. The normalized spacial score (nSPS) is 44.7. The summed E-state index contributed by atoms with van der Waals surface area (Å²) in [6.07, 6.45) is 53.4. The number of ketones is 1. The van der Waals surface area contributed by atoms with Crippen molar-refractivity contribution in [3.05, 3.63) is 23.3 Å². The number of aliphatic hydroxyl groups excluding tert-OH is 1. The second-order valence-electron chi connectivity index (χ2n) is 48.2. The summed E-state index contributed by atoms with van der Waals surface area (Å²) in [6.45, 7) is 31.1. The lowest BCUT2D eigenvalue weighted by Gasteiger charge is -2.42. The average molecular weight is 1690 g/mol. The van der Waals surface area contributed by atoms with E-state index in [1.165, 1.54) is 128 Å². The number of carbonyl (C=O) groups is 2. The first-order chi connectivity index (χ1) is 57.6. The summed E-state index contributed by atoms with van der Waals surface area (Å²) in [5.41, 5.74) is 8.89. The molecule has 21 heteroatoms. The van der Waals surface area contributed by atoms with Crippen LogP contribution in [0.3, 0.4) is 0 Å². The summed E-state index contributed by atoms with van der Waals surface area (Å²) in [4.78, 5) is 28.6. The van der Waals surface area contributed by atoms with Crippen LogP contribution in [-0.2, 0) is 66.4 Å². The molecule has 3 spiro atoms. The molecule has 0 bridgehead atoms. The summed E-state index contributed by atoms with van der Waals surface area (Å²) in [5.74, 6) is 10.4. The van der Waals surface area contributed by atoms with E-state index < -0.39 is 0 Å². The third kappa shape index (κ3) is 23.4. The standard InChI is InChI=1S/C21H32N2O2.C16H26O3.C15H24O3.C13H22O3.C12H19N3O.C12H20O2.C11H16O2/c1-14-7-17(12-22)23(13-14)20(24)5-6-21(2)10-15-8-19(9-16(15)11-21)25-18-3-4-18;1-15(2)9-17-16(18-10-15)7-11-5-14(6-12(11)8-16)19-13-3-4-13;1-4-16-13-5-11-7-15(8-12(11)6-13)17-9-14(2,3)10-18-15;1-12(2)7-15-13(16-8-12)5-9-3-11(14)4-10(9)6-13;1-12(14-15-13)6-8-4-11(5-9(8)7-12)16-10-2-3-10;1-12(13)6-8-4-11(5-9(8)7-12)14-10-2-3-10;12-9-3-7-5-11(6-8(7)4-9)13-10-1-2-10/h14-19H,3-11,13H2,1-2H3;11-14H,3-10H2,1-2H3;4,11-13H,1,5-10H2,2-3H3;9-11,14H,3-8H2,1-2H3;8-11H,2-7H2,1H3;8-11,13H,2-7H2,1H3;7-8,10-11H,1-6H2/t14-,15-,16+,17-,19?,21?;11-,12+,14?;11-,12+,13?;9-,10+,11?;2*8-,9+,11?,12?;7-,8+,11?/m0....../s1. The van der Waals surface area contributed by atoms with E-state index in [9.17, 15) is 25.1 Å². The smallest absolute Gasteiger partial charge is 0.223 e. The van der Waals surface area contributed by atoms with Crippen LogP contribution in [0.25, 0.3) is 10.4 Å². The highest BCUT2D eigenvalue weighted by atomic mass is 16.7. The molecule has 23 fully saturated rings. The Bertz CT molecular complexity index is 3490. The molecule has 19 aliphatic carbocycles. The van der Waals surface area contributed by atoms with Crippen LogP contribution in [0, 0.1) is 122 Å². The van der Waals surface area contributed by atoms with Crippen LogP contribution in [0.4, 0.5) is 0 Å². The number of ether oxygens (including phenoxy) is 12. The Morgan fingerprint density at radius 1 is 0.463 bits per heavy atom. The van der Waals surface area contributed by atoms with Gasteiger partial charge in [0.1, 0.15) is 11.8 Å². The quantitative estimate of drug-likeness (QED) is 0.0630. The Hall–Kier alpha value is -3.04. The Balaban J connectivity index is 0.000000101. The largest absolute Gasteiger partial charge is 0.499 e. The molecule has 680 valence electrons. The molecule has 26 atom stereocenters. The summed E-state index contributed by atoms with van der Waals surface area (Å²) in [6, 6.07) is 2.12. The van der Waals surface area contributed by atoms with Crippen molar-refractivity contribution in [2.24, 2.45) is 116 Å². The van der Waals surface area contributed by atoms with Crippen molar-refractivity contribution in [2.75, 3.05) is 46.2 Å². The van der Waals surface area contributed by atoms with Crippen LogP contribution in [-0.4, -0.2) is 181 Å². The lowest BCUT2D eigenvalue weighted by Crippen LogP contribution is -2.46. The van der Waals surface area contributed by atoms with Crippen LogP contribution < -0.4 is 0 Å². The molecule has 23 aliphatic rings. The highest BCUT2D eigenvalue weighted by Gasteiger charge is 2.59. The maximum atomic E-state index is 12.6. The average Bonchev–Trinajstić information content (AvgIpc) is 1.60. The second kappa shape index (κ2) is 36.4. The van der Waals surface area contributed by atoms with Crippen LogP contribution in [0.5, 0.6) is 0 Å². The number of Topliss-reactive ketones (excluding diaryl/α,β-unsaturated/α-hetero) is 1. The van der Waals surface area contributed by atoms with Crippen molar-refractivity contribution in [2.45, 2.75) is 440 Å². The van der Waals surface area contributed by atoms with Gasteiger partial charge in [0.25, 0.3) is 0 Å². The van der Waals surface area contributed by atoms with E-state index in [-0.39, 0.29) is 62.8 Å². The van der Waals surface area contributed by atoms with Crippen LogP contribution >= 0.6 is 0 Å². The molecule has 0 aromatic rings. The molecule has 4 saturated heterocycles. The first-order valence-corrected chi connectivity index (χ1v) is 49.7. The van der Waals surface area contributed by atoms with Crippen molar-refractivity contribution in [1.82, 2.24) is 4.90 Å². The van der Waals surface area contributed by atoms with E-state index >= 15 is 0 Å². The van der Waals surface area contributed by atoms with E-state index in [1.54, 1.807) is 6.26 Å². The molecule has 0 radical (unpaired) electrons. The van der Waals surface area contributed by atoms with E-state index in [1.807, 2.05) is 11.8 Å². The van der Waals surface area contributed by atoms with E-state index in [2.05, 4.69) is 85.0 Å². The van der Waals surface area contributed by atoms with Crippen LogP contribution in [0.2, 0.25) is 0 Å². The van der Waals surface area contributed by atoms with Gasteiger partial charge in [0.05, 0.1) is 131 Å². The topological polar surface area (TPSA) is 261 Å². The molecule has 4 aliphatic heterocycles. The predicted molar refractivity (Wildman–Crippen MR) is 459 cm³/mol. The van der Waals surface area contributed by atoms with E-state index in [0.29, 0.717) is 126 Å². The number of nitriles is 1. The summed E-state index contributed by atoms with van der Waals surface area (Å²) in [7, 11) is 0. The molecular formula is C100H159N5O16. The minimum atomic E-state index is -0.375. The van der Waals surface area contributed by atoms with Crippen molar-refractivity contribution in [3.63, 3.8) is 0 Å². The minimum Gasteiger partial charge on any atom is -0.499 e. The third-order valence-electron chi connectivity index (χ3n) is 33.7. The van der Waals surface area contributed by atoms with Crippen molar-refractivity contribution >= 4 is 11.7 Å². The molecule has 0 aromatic carbocycles. The first-order valence-electron chi connectivity index (χ1n) is 49.7. The van der Waals surface area contributed by atoms with Crippen LogP contribution in [0.15, 0.2) is 18.0 Å². The molecule has 4 heterocycles. The number of fused-ring (bicyclic) bond motifs is 7. The Morgan fingerprint density at radius 2 is 0.760 bits per heavy atom. The molecule has 23 rings (SSSR count). The van der Waals surface area contributed by atoms with E-state index in [0.717, 1.165) is 222 Å². The van der Waals surface area contributed by atoms with Gasteiger partial charge in [-0.1, -0.05) is 74.0 Å². The molecular weight excluding hydrogens is 1530 g/mol. The summed E-state index contributed by atoms with van der Waals surface area (Å²) < 4.78 is 72.0. The number of hydrogen-bond acceptors (Lipinski definition) is 18. The van der Waals surface area contributed by atoms with Gasteiger partial charge in [0.15, 0.2) is 17.4 Å². The summed E-state index contributed by atoms with van der Waals surface area (Å²) >= 11 is 0. The maximum Gasteiger partial charge on any atom is 0.223 e. The van der Waals surface area contributed by atoms with Crippen molar-refractivity contribution in [3.8, 4) is 6.07 Å². The number of azide groups is 1. The zero-order chi connectivity index (χ0) is 84.7. The molecule has 19 saturated carbocycles. The van der Waals surface area contributed by atoms with Crippen molar-refractivity contribution < 1.29 is 76.6 Å². The van der Waals surface area contributed by atoms with Gasteiger partial charge in [-0.05, 0) is 312 Å². The highest BCUT2D eigenvalue weighted by molar-refractivity contribution is 5.81. The number of hydrogen-bond donors (Lipinski definition) is 2. The highest BCUT2D eigenvalue weighted by Crippen LogP contribution is 2.60. The number of carbonyl (C=O) groups excluding carboxylic acids is 2. The fraction of sp³-hybridized carbons (Fsp3) is 0.950. The molecule has 1 amide bonds. The second-order valence-corrected chi connectivity index (χ2v) is 48.2. The number of rotatable bonds is 16. The van der Waals surface area contributed by atoms with Gasteiger partial charge in [-0.15, -0.1) is 0 Å². The van der Waals surface area contributed by atoms with Gasteiger partial charge in [-0.25, -0.2) is 0 Å². The lowest BCUT2D eigenvalue weighted by molar-refractivity contribution is -0.298. The van der Waals surface area contributed by atoms with Gasteiger partial charge in [0.2, 0.25) is 5.91 Å². The van der Waals surface area contributed by atoms with Gasteiger partial charge < -0.3 is 72.0 Å². The predicted octanol–water partition coefficient (Wildman–Crippen LogP) is 19.5. The number of nitrogens with zero attached hydrogens (tertiary/aromatic N) is 5. The Labute approximate surface area is 726 Å². The molecule has 121 heavy (non-hydrogen) atoms. The number of amides is 1. The Kier molecular flexibility index (Phi) is 27.0. The zero-order valence-corrected chi connectivity index (χ0v) is 76.2. The number of likely N-dealkylation sites (tertiary alicyclic amines) is 1. The zero-order valence-electron chi connectivity index (χ0n) is 76.2. The fourth-order valence-electron chi connectivity index (χ4n) is 27.2. The van der Waals surface area contributed by atoms with Gasteiger partial charge in [-0.3, -0.25) is 9.59 Å². The van der Waals surface area contributed by atoms with E-state index in [4.69, 9.17) is 62.4 Å². The Morgan fingerprint density at radius 3 is 1.07 bits per heavy atom. The molecule has 2 N–H and O–H groups in total. The maximum absolute atomic E-state index is 12.6. The van der Waals surface area contributed by atoms with Gasteiger partial charge in [0, 0.05) is 91.0 Å². The fourth-order valence-corrected chi connectivity index (χ4v) is 27.2. The SMILES string of the molecule is C=COC1C[C@@H]2CC3(C[C@@H]2C1)OCC(C)(C)CO3.CC1(C)COC2(C[C@H]3CC(O)C[C@H]3C2)OC1.CC1(C)COC2(C[C@H]3CC(OC4CC4)C[C@H]3C2)OC1.CC1(N=[N+]=[N-])C[C@H]2CC(OC3CC3)C[C@H]2C1.CC1(O)C[C@H]2CC(OC3CC3)C[C@H]2C1.C[C@H]1C[C@@H](C#N)N(C(=O)CCC2(C)C[C@H]3CC(OC4CC4)C[C@H]3C2)C1.O=C1C[C@@H]2CC(OC3CC3)C[C@@H]2C1. The van der Waals surface area contributed by atoms with Gasteiger partial charge in [-0.2, -0.15) is 5.26 Å². The molecule has 21 nitrogen and oxygen atoms in total. The summed E-state index contributed by atoms with van der Waals surface area (Å²) in [5, 5.41) is 32.8. The molecule has 10 unspecified atom stereocenters.